The summed E-state index contributed by atoms with van der Waals surface area (Å²) in [5.74, 6) is 2.19. The normalized spacial score (nSPS) is 13.9. The summed E-state index contributed by atoms with van der Waals surface area (Å²) in [7, 11) is 0. The molecule has 0 aromatic carbocycles. The zero-order chi connectivity index (χ0) is 16.8. The summed E-state index contributed by atoms with van der Waals surface area (Å²) in [5.41, 5.74) is 0. The molecule has 0 fully saturated rings. The summed E-state index contributed by atoms with van der Waals surface area (Å²) < 4.78 is 0. The van der Waals surface area contributed by atoms with Gasteiger partial charge in [-0.25, -0.2) is 0 Å². The molecule has 0 aliphatic heterocycles. The summed E-state index contributed by atoms with van der Waals surface area (Å²) in [4.78, 5) is 0. The molecule has 0 saturated carbocycles. The van der Waals surface area contributed by atoms with Gasteiger partial charge in [0.1, 0.15) is 0 Å². The van der Waals surface area contributed by atoms with Crippen molar-refractivity contribution >= 4 is 28.3 Å². The second-order valence-corrected chi connectivity index (χ2v) is 15.3. The number of unbranched alkanes of at least 4 members (excludes halogenated alkanes) is 2. The van der Waals surface area contributed by atoms with Gasteiger partial charge < -0.3 is 0 Å². The highest BCUT2D eigenvalue weighted by Gasteiger charge is 2.28. The van der Waals surface area contributed by atoms with Gasteiger partial charge >= 0.3 is 0 Å². The van der Waals surface area contributed by atoms with Crippen molar-refractivity contribution in [3.63, 3.8) is 0 Å². The van der Waals surface area contributed by atoms with Crippen molar-refractivity contribution in [1.82, 2.24) is 0 Å². The van der Waals surface area contributed by atoms with Crippen LogP contribution >= 0.6 is 0 Å². The summed E-state index contributed by atoms with van der Waals surface area (Å²) in [6.45, 7) is 14.6. The average Bonchev–Trinajstić information content (AvgIpc) is 2.56. The summed E-state index contributed by atoms with van der Waals surface area (Å²) in [6, 6.07) is 0. The second-order valence-electron chi connectivity index (χ2n) is 7.64. The molecule has 0 aromatic heterocycles. The molecule has 22 heavy (non-hydrogen) atoms. The Labute approximate surface area is 151 Å². The maximum absolute atomic E-state index is 2.47. The first kappa shape index (κ1) is 23.1. The van der Waals surface area contributed by atoms with Crippen LogP contribution in [-0.4, -0.2) is 28.3 Å². The van der Waals surface area contributed by atoms with Gasteiger partial charge in [-0.3, -0.25) is 0 Å². The molecule has 2 heteroatoms. The minimum Gasteiger partial charge on any atom is -0.0967 e. The first-order chi connectivity index (χ1) is 10.7. The fraction of sp³-hybridized carbons (Fsp3) is 1.00. The van der Waals surface area contributed by atoms with E-state index in [0.29, 0.717) is 0 Å². The van der Waals surface area contributed by atoms with Crippen LogP contribution in [0.25, 0.3) is 0 Å². The topological polar surface area (TPSA) is 0 Å². The third-order valence-electron chi connectivity index (χ3n) is 6.11. The molecule has 0 unspecified atom stereocenters. The lowest BCUT2D eigenvalue weighted by molar-refractivity contribution is 0.324. The minimum atomic E-state index is -0.430. The minimum absolute atomic E-state index is 0.430. The zero-order valence-electron chi connectivity index (χ0n) is 16.8. The van der Waals surface area contributed by atoms with Crippen LogP contribution < -0.4 is 0 Å². The Balaban J connectivity index is 4.88. The molecule has 0 heterocycles. The number of rotatable bonds is 15. The predicted octanol–water partition coefficient (Wildman–Crippen LogP) is 7.67. The predicted molar refractivity (Wildman–Crippen MR) is 109 cm³/mol. The van der Waals surface area contributed by atoms with Gasteiger partial charge in [0.15, 0.2) is 0 Å². The molecule has 0 saturated heterocycles. The lowest BCUT2D eigenvalue weighted by Crippen LogP contribution is -2.26. The Bertz CT molecular complexity index is 198. The second kappa shape index (κ2) is 15.6. The lowest BCUT2D eigenvalue weighted by Gasteiger charge is -2.31. The van der Waals surface area contributed by atoms with E-state index in [2.05, 4.69) is 41.5 Å². The maximum atomic E-state index is 2.47. The summed E-state index contributed by atoms with van der Waals surface area (Å²) >= 11 is -0.861. The fourth-order valence-corrected chi connectivity index (χ4v) is 9.57. The number of hydrogen-bond acceptors (Lipinski definition) is 0. The monoisotopic (exact) mass is 338 g/mol. The SMILES string of the molecule is CCCC[C@H]([CH2][Al]([CH2]C)[CH2]C)[C@H](CCCC)[CH2][Al]([CH2]C)[CH2]C. The van der Waals surface area contributed by atoms with Gasteiger partial charge in [-0.2, -0.15) is 0 Å². The van der Waals surface area contributed by atoms with E-state index in [-0.39, 0.29) is 0 Å². The molecule has 0 N–H and O–H groups in total. The van der Waals surface area contributed by atoms with Crippen LogP contribution in [0.1, 0.15) is 80.1 Å². The molecule has 0 radical (unpaired) electrons. The maximum Gasteiger partial charge on any atom is 0.261 e. The van der Waals surface area contributed by atoms with Crippen molar-refractivity contribution < 1.29 is 0 Å². The third kappa shape index (κ3) is 10.0. The van der Waals surface area contributed by atoms with Crippen LogP contribution in [0.15, 0.2) is 0 Å². The lowest BCUT2D eigenvalue weighted by atomic mass is 9.87. The van der Waals surface area contributed by atoms with E-state index in [1.165, 1.54) is 46.8 Å². The Hall–Kier alpha value is 1.06. The van der Waals surface area contributed by atoms with Gasteiger partial charge in [-0.15, -0.1) is 0 Å². The molecule has 0 amide bonds. The molecular formula is C20H44Al2. The first-order valence-electron chi connectivity index (χ1n) is 10.7. The summed E-state index contributed by atoms with van der Waals surface area (Å²) in [5, 5.41) is 9.44. The van der Waals surface area contributed by atoms with E-state index in [0.717, 1.165) is 11.8 Å². The van der Waals surface area contributed by atoms with Crippen molar-refractivity contribution in [1.29, 1.82) is 0 Å². The van der Waals surface area contributed by atoms with Gasteiger partial charge in [0.05, 0.1) is 0 Å². The zero-order valence-corrected chi connectivity index (χ0v) is 19.1. The van der Waals surface area contributed by atoms with Gasteiger partial charge in [-0.1, -0.05) is 124 Å². The molecule has 0 aliphatic carbocycles. The third-order valence-corrected chi connectivity index (χ3v) is 13.3. The molecule has 2 atom stereocenters. The Morgan fingerprint density at radius 2 is 0.864 bits per heavy atom. The van der Waals surface area contributed by atoms with E-state index in [4.69, 9.17) is 0 Å². The van der Waals surface area contributed by atoms with Crippen LogP contribution in [0.4, 0.5) is 0 Å². The molecule has 0 rings (SSSR count). The first-order valence-corrected chi connectivity index (χ1v) is 15.6. The van der Waals surface area contributed by atoms with E-state index in [1.807, 2.05) is 0 Å². The highest BCUT2D eigenvalue weighted by Crippen LogP contribution is 2.34. The van der Waals surface area contributed by atoms with E-state index >= 15 is 0 Å². The van der Waals surface area contributed by atoms with Crippen LogP contribution in [-0.2, 0) is 0 Å². The standard InChI is InChI=1S/C12H24.4C2H5.2Al/c1-5-7-9-11(3)12(4)10-8-6-2;4*1-2;;/h11-12H,3-10H2,1-2H3;4*1H2,2H3;;/t11-,12-;;;;;;/m0....../s1. The average molecular weight is 339 g/mol. The fourth-order valence-electron chi connectivity index (χ4n) is 4.12. The van der Waals surface area contributed by atoms with E-state index in [1.54, 1.807) is 23.4 Å². The molecule has 0 nitrogen and oxygen atoms in total. The molecule has 130 valence electrons. The van der Waals surface area contributed by atoms with Gasteiger partial charge in [0.25, 0.3) is 28.3 Å². The van der Waals surface area contributed by atoms with Crippen LogP contribution in [0.3, 0.4) is 0 Å². The Morgan fingerprint density at radius 1 is 0.545 bits per heavy atom. The van der Waals surface area contributed by atoms with Crippen LogP contribution in [0.5, 0.6) is 0 Å². The van der Waals surface area contributed by atoms with Crippen molar-refractivity contribution in [2.24, 2.45) is 11.8 Å². The van der Waals surface area contributed by atoms with Crippen LogP contribution in [0, 0.1) is 11.8 Å². The van der Waals surface area contributed by atoms with Crippen molar-refractivity contribution in [3.8, 4) is 0 Å². The molecule has 0 aromatic rings. The van der Waals surface area contributed by atoms with Crippen molar-refractivity contribution in [3.05, 3.63) is 0 Å². The van der Waals surface area contributed by atoms with E-state index < -0.39 is 28.3 Å². The van der Waals surface area contributed by atoms with Crippen molar-refractivity contribution in [2.75, 3.05) is 0 Å². The molecule has 0 aliphatic rings. The highest BCUT2D eigenvalue weighted by molar-refractivity contribution is 6.59. The quantitative estimate of drug-likeness (QED) is 0.269. The molecular weight excluding hydrogens is 294 g/mol. The van der Waals surface area contributed by atoms with Gasteiger partial charge in [0, 0.05) is 0 Å². The summed E-state index contributed by atoms with van der Waals surface area (Å²) in [6.07, 6.45) is 8.83. The van der Waals surface area contributed by atoms with E-state index in [9.17, 15) is 0 Å². The smallest absolute Gasteiger partial charge is 0.0967 e. The molecule has 0 bridgehead atoms. The highest BCUT2D eigenvalue weighted by atomic mass is 27.2. The Kier molecular flexibility index (Phi) is 16.3. The number of hydrogen-bond donors (Lipinski definition) is 0. The molecule has 0 spiro atoms. The largest absolute Gasteiger partial charge is 0.261 e. The van der Waals surface area contributed by atoms with Crippen molar-refractivity contribution in [2.45, 2.75) is 112 Å². The van der Waals surface area contributed by atoms with Crippen LogP contribution in [0.2, 0.25) is 31.7 Å². The Morgan fingerprint density at radius 3 is 1.09 bits per heavy atom. The van der Waals surface area contributed by atoms with Gasteiger partial charge in [0.2, 0.25) is 0 Å². The van der Waals surface area contributed by atoms with Gasteiger partial charge in [-0.05, 0) is 0 Å².